The van der Waals surface area contributed by atoms with Crippen LogP contribution in [0, 0.1) is 6.92 Å². The van der Waals surface area contributed by atoms with E-state index in [-0.39, 0.29) is 42.3 Å². The van der Waals surface area contributed by atoms with Crippen LogP contribution in [0.2, 0.25) is 0 Å². The number of nitrogens with zero attached hydrogens (tertiary/aromatic N) is 7. The number of nitrogens with one attached hydrogen (secondary N) is 3. The number of fused-ring (bicyclic) bond motifs is 2. The van der Waals surface area contributed by atoms with E-state index in [1.54, 1.807) is 11.1 Å². The largest absolute Gasteiger partial charge is 0.354 e. The summed E-state index contributed by atoms with van der Waals surface area (Å²) >= 11 is 3.66. The van der Waals surface area contributed by atoms with Gasteiger partial charge in [-0.2, -0.15) is 5.10 Å². The van der Waals surface area contributed by atoms with Crippen molar-refractivity contribution in [3.63, 3.8) is 0 Å². The molecule has 3 N–H and O–H groups in total. The molecule has 9 rings (SSSR count). The van der Waals surface area contributed by atoms with Crippen molar-refractivity contribution in [2.75, 3.05) is 44.2 Å². The molecule has 0 aliphatic carbocycles. The highest BCUT2D eigenvalue weighted by Crippen LogP contribution is 2.35. The molecule has 5 aromatic rings. The van der Waals surface area contributed by atoms with E-state index in [0.29, 0.717) is 35.7 Å². The number of aromatic amines is 1. The van der Waals surface area contributed by atoms with Crippen molar-refractivity contribution in [1.82, 2.24) is 45.1 Å². The molecule has 340 valence electrons. The number of anilines is 1. The molecule has 65 heavy (non-hydrogen) atoms. The zero-order chi connectivity index (χ0) is 45.5. The maximum atomic E-state index is 13.9. The Morgan fingerprint density at radius 1 is 0.938 bits per heavy atom. The zero-order valence-corrected chi connectivity index (χ0v) is 39.2. The van der Waals surface area contributed by atoms with Crippen molar-refractivity contribution in [3.05, 3.63) is 109 Å². The van der Waals surface area contributed by atoms with Crippen molar-refractivity contribution in [2.45, 2.75) is 104 Å². The molecule has 4 aliphatic rings. The van der Waals surface area contributed by atoms with Crippen LogP contribution >= 0.6 is 15.9 Å². The number of pyridine rings is 2. The van der Waals surface area contributed by atoms with Crippen molar-refractivity contribution < 1.29 is 19.2 Å². The maximum absolute atomic E-state index is 13.9. The maximum Gasteiger partial charge on any atom is 0.256 e. The number of hydrogen-bond donors (Lipinski definition) is 3. The molecule has 1 atom stereocenters. The Labute approximate surface area is 387 Å². The second kappa shape index (κ2) is 18.6. The first-order valence-electron chi connectivity index (χ1n) is 23.0. The zero-order valence-electron chi connectivity index (χ0n) is 37.6. The number of aryl methyl sites for hydroxylation is 2. The SMILES string of the molecule is CCCc1cc(C)[nH]c(=O)c1CNC(=O)c1cc(-c2ccc(N3CCN(C4CCN(Cc5cc(Br)c6c(c5)CN(C5CCC(=O)NC5=O)C6=O)CC4)CC3)nc2)cc2c1cnn2C(C)C. The third kappa shape index (κ3) is 9.12. The normalized spacial score (nSPS) is 18.8. The fourth-order valence-corrected chi connectivity index (χ4v) is 10.9. The number of rotatable bonds is 12. The Balaban J connectivity index is 0.804. The van der Waals surface area contributed by atoms with Gasteiger partial charge >= 0.3 is 0 Å². The molecule has 3 aromatic heterocycles. The molecular weight excluding hydrogens is 889 g/mol. The summed E-state index contributed by atoms with van der Waals surface area (Å²) in [5.41, 5.74) is 8.00. The summed E-state index contributed by atoms with van der Waals surface area (Å²) in [5, 5.41) is 10.8. The lowest BCUT2D eigenvalue weighted by Crippen LogP contribution is -2.53. The number of hydrogen-bond acceptors (Lipinski definition) is 10. The molecule has 4 amide bonds. The summed E-state index contributed by atoms with van der Waals surface area (Å²) in [7, 11) is 0. The molecule has 7 heterocycles. The number of imide groups is 1. The number of halogens is 1. The molecule has 15 nitrogen and oxygen atoms in total. The molecule has 3 fully saturated rings. The number of benzene rings is 2. The van der Waals surface area contributed by atoms with E-state index in [1.807, 2.05) is 36.0 Å². The van der Waals surface area contributed by atoms with E-state index in [4.69, 9.17) is 4.98 Å². The van der Waals surface area contributed by atoms with E-state index >= 15 is 0 Å². The summed E-state index contributed by atoms with van der Waals surface area (Å²) in [6.45, 7) is 15.1. The molecule has 0 radical (unpaired) electrons. The van der Waals surface area contributed by atoms with Crippen LogP contribution in [0.5, 0.6) is 0 Å². The lowest BCUT2D eigenvalue weighted by Gasteiger charge is -2.43. The van der Waals surface area contributed by atoms with Gasteiger partial charge in [0.1, 0.15) is 11.9 Å². The van der Waals surface area contributed by atoms with Gasteiger partial charge in [0.05, 0.1) is 22.8 Å². The van der Waals surface area contributed by atoms with E-state index in [0.717, 1.165) is 126 Å². The average Bonchev–Trinajstić information content (AvgIpc) is 3.87. The van der Waals surface area contributed by atoms with Gasteiger partial charge in [0.25, 0.3) is 17.4 Å². The topological polar surface area (TPSA) is 169 Å². The quantitative estimate of drug-likeness (QED) is 0.129. The van der Waals surface area contributed by atoms with Gasteiger partial charge < -0.3 is 20.1 Å². The Kier molecular flexibility index (Phi) is 12.8. The summed E-state index contributed by atoms with van der Waals surface area (Å²) in [6.07, 6.45) is 8.06. The van der Waals surface area contributed by atoms with Gasteiger partial charge in [0.2, 0.25) is 11.8 Å². The Morgan fingerprint density at radius 2 is 1.72 bits per heavy atom. The van der Waals surface area contributed by atoms with Crippen LogP contribution in [0.4, 0.5) is 5.82 Å². The number of amides is 4. The first kappa shape index (κ1) is 44.5. The van der Waals surface area contributed by atoms with E-state index in [2.05, 4.69) is 96.4 Å². The summed E-state index contributed by atoms with van der Waals surface area (Å²) in [6, 6.07) is 14.3. The molecule has 0 bridgehead atoms. The monoisotopic (exact) mass is 944 g/mol. The molecule has 4 aliphatic heterocycles. The number of H-pyrrole nitrogens is 1. The smallest absolute Gasteiger partial charge is 0.256 e. The van der Waals surface area contributed by atoms with Gasteiger partial charge in [0, 0.05) is 97.2 Å². The third-order valence-electron chi connectivity index (χ3n) is 13.6. The summed E-state index contributed by atoms with van der Waals surface area (Å²) < 4.78 is 2.69. The van der Waals surface area contributed by atoms with Crippen LogP contribution < -0.4 is 21.1 Å². The number of piperazine rings is 1. The molecular formula is C49H57BrN10O5. The lowest BCUT2D eigenvalue weighted by atomic mass is 10.00. The first-order valence-corrected chi connectivity index (χ1v) is 23.8. The lowest BCUT2D eigenvalue weighted by molar-refractivity contribution is -0.136. The van der Waals surface area contributed by atoms with E-state index < -0.39 is 11.9 Å². The second-order valence-corrected chi connectivity index (χ2v) is 19.2. The van der Waals surface area contributed by atoms with Gasteiger partial charge in [-0.3, -0.25) is 43.8 Å². The van der Waals surface area contributed by atoms with E-state index in [1.165, 1.54) is 0 Å². The number of carbonyl (C=O) groups is 4. The van der Waals surface area contributed by atoms with Gasteiger partial charge in [0.15, 0.2) is 0 Å². The molecule has 16 heteroatoms. The van der Waals surface area contributed by atoms with Crippen molar-refractivity contribution in [3.8, 4) is 11.1 Å². The predicted molar refractivity (Wildman–Crippen MR) is 253 cm³/mol. The van der Waals surface area contributed by atoms with Crippen LogP contribution in [-0.4, -0.2) is 109 Å². The number of likely N-dealkylation sites (tertiary alicyclic amines) is 1. The molecule has 1 unspecified atom stereocenters. The van der Waals surface area contributed by atoms with Crippen LogP contribution in [0.15, 0.2) is 64.1 Å². The predicted octanol–water partition coefficient (Wildman–Crippen LogP) is 5.87. The minimum Gasteiger partial charge on any atom is -0.354 e. The molecule has 0 saturated carbocycles. The minimum atomic E-state index is -0.628. The fourth-order valence-electron chi connectivity index (χ4n) is 10.2. The van der Waals surface area contributed by atoms with Gasteiger partial charge in [-0.1, -0.05) is 19.4 Å². The van der Waals surface area contributed by atoms with Gasteiger partial charge in [-0.15, -0.1) is 0 Å². The van der Waals surface area contributed by atoms with E-state index in [9.17, 15) is 24.0 Å². The Bertz CT molecular complexity index is 2710. The first-order chi connectivity index (χ1) is 31.3. The highest BCUT2D eigenvalue weighted by molar-refractivity contribution is 9.10. The summed E-state index contributed by atoms with van der Waals surface area (Å²) in [4.78, 5) is 81.4. The Morgan fingerprint density at radius 3 is 2.43 bits per heavy atom. The van der Waals surface area contributed by atoms with Crippen LogP contribution in [0.25, 0.3) is 22.0 Å². The highest BCUT2D eigenvalue weighted by Gasteiger charge is 2.40. The van der Waals surface area contributed by atoms with Crippen LogP contribution in [0.3, 0.4) is 0 Å². The van der Waals surface area contributed by atoms with Gasteiger partial charge in [-0.05, 0) is 134 Å². The van der Waals surface area contributed by atoms with Gasteiger partial charge in [-0.25, -0.2) is 4.98 Å². The van der Waals surface area contributed by atoms with Crippen molar-refractivity contribution in [1.29, 1.82) is 0 Å². The standard InChI is InChI=1S/C49H57BrN10O5/c1-5-6-32-19-30(4)54-47(63)38(32)25-52-46(62)37-22-34(23-42-39(37)26-53-60(42)29(2)3)33-7-9-43(51-24-33)58-17-15-57(16-18-58)36-11-13-56(14-12-36)27-31-20-35-28-59(49(65)45(35)40(50)21-31)41-8-10-44(61)55-48(41)64/h7,9,19-24,26,29,36,41H,5-6,8,10-18,25,27-28H2,1-4H3,(H,52,62)(H,54,63)(H,55,61,64). The second-order valence-electron chi connectivity index (χ2n) is 18.3. The van der Waals surface area contributed by atoms with Crippen molar-refractivity contribution in [2.24, 2.45) is 0 Å². The fraction of sp³-hybridized carbons (Fsp3) is 0.449. The molecule has 2 aromatic carbocycles. The number of carbonyl (C=O) groups excluding carboxylic acids is 4. The number of piperidine rings is 2. The summed E-state index contributed by atoms with van der Waals surface area (Å²) in [5.74, 6) is -0.180. The van der Waals surface area contributed by atoms with Crippen LogP contribution in [-0.2, 0) is 35.6 Å². The van der Waals surface area contributed by atoms with Crippen LogP contribution in [0.1, 0.15) is 108 Å². The number of aromatic nitrogens is 4. The average molecular weight is 946 g/mol. The van der Waals surface area contributed by atoms with Crippen molar-refractivity contribution >= 4 is 56.3 Å². The third-order valence-corrected chi connectivity index (χ3v) is 14.2. The molecule has 3 saturated heterocycles. The minimum absolute atomic E-state index is 0.0863. The molecule has 0 spiro atoms. The Hall–Kier alpha value is -5.71. The highest BCUT2D eigenvalue weighted by atomic mass is 79.9.